The Bertz CT molecular complexity index is 919. The molecule has 0 bridgehead atoms. The molecular weight excluding hydrogens is 356 g/mol. The van der Waals surface area contributed by atoms with Gasteiger partial charge >= 0.3 is 0 Å². The van der Waals surface area contributed by atoms with E-state index < -0.39 is 0 Å². The lowest BCUT2D eigenvalue weighted by atomic mass is 10.1. The molecular formula is C17H19ClN6S. The Hall–Kier alpha value is -1.83. The number of anilines is 1. The summed E-state index contributed by atoms with van der Waals surface area (Å²) in [6.45, 7) is 6.36. The van der Waals surface area contributed by atoms with Crippen molar-refractivity contribution in [2.45, 2.75) is 35.9 Å². The maximum Gasteiger partial charge on any atom is 0.164 e. The third-order valence-corrected chi connectivity index (χ3v) is 5.67. The van der Waals surface area contributed by atoms with E-state index >= 15 is 0 Å². The van der Waals surface area contributed by atoms with Crippen LogP contribution in [0.2, 0.25) is 5.02 Å². The Morgan fingerprint density at radius 3 is 2.80 bits per heavy atom. The summed E-state index contributed by atoms with van der Waals surface area (Å²) in [5.74, 6) is 0.459. The topological polar surface area (TPSA) is 72.9 Å². The van der Waals surface area contributed by atoms with Gasteiger partial charge in [0, 0.05) is 29.0 Å². The third kappa shape index (κ3) is 3.07. The van der Waals surface area contributed by atoms with Gasteiger partial charge in [0.05, 0.1) is 11.4 Å². The normalized spacial score (nSPS) is 15.8. The van der Waals surface area contributed by atoms with E-state index in [1.165, 1.54) is 18.1 Å². The standard InChI is InChI=1S/C17H19ClN6S/c1-10(2)23-7-12(8-23)24-16-14(15(19)20-9-21-16)17(22-24)25-13-5-3-4-11(18)6-13/h3-6,9-10,12H,7-8H2,1-2H3,(H2,19,20,21). The summed E-state index contributed by atoms with van der Waals surface area (Å²) in [4.78, 5) is 12.0. The lowest BCUT2D eigenvalue weighted by molar-refractivity contribution is 0.0690. The number of halogens is 1. The van der Waals surface area contributed by atoms with Crippen LogP contribution >= 0.6 is 23.4 Å². The molecule has 8 heteroatoms. The maximum absolute atomic E-state index is 6.13. The van der Waals surface area contributed by atoms with Crippen molar-refractivity contribution >= 4 is 40.2 Å². The van der Waals surface area contributed by atoms with Gasteiger partial charge in [-0.3, -0.25) is 4.90 Å². The molecule has 1 saturated heterocycles. The summed E-state index contributed by atoms with van der Waals surface area (Å²) in [5.41, 5.74) is 6.93. The number of hydrogen-bond donors (Lipinski definition) is 1. The fraction of sp³-hybridized carbons (Fsp3) is 0.353. The van der Waals surface area contributed by atoms with Crippen molar-refractivity contribution in [2.75, 3.05) is 18.8 Å². The van der Waals surface area contributed by atoms with E-state index in [9.17, 15) is 0 Å². The number of hydrogen-bond acceptors (Lipinski definition) is 6. The van der Waals surface area contributed by atoms with Gasteiger partial charge in [0.1, 0.15) is 17.2 Å². The van der Waals surface area contributed by atoms with Crippen LogP contribution in [-0.2, 0) is 0 Å². The Morgan fingerprint density at radius 1 is 1.28 bits per heavy atom. The van der Waals surface area contributed by atoms with E-state index in [4.69, 9.17) is 22.4 Å². The monoisotopic (exact) mass is 374 g/mol. The summed E-state index contributed by atoms with van der Waals surface area (Å²) >= 11 is 7.63. The van der Waals surface area contributed by atoms with Crippen molar-refractivity contribution in [3.63, 3.8) is 0 Å². The van der Waals surface area contributed by atoms with Gasteiger partial charge in [-0.1, -0.05) is 29.4 Å². The molecule has 1 aromatic carbocycles. The first-order valence-corrected chi connectivity index (χ1v) is 9.38. The van der Waals surface area contributed by atoms with E-state index in [2.05, 4.69) is 28.7 Å². The zero-order valence-electron chi connectivity index (χ0n) is 14.1. The molecule has 0 aliphatic carbocycles. The zero-order valence-corrected chi connectivity index (χ0v) is 15.6. The maximum atomic E-state index is 6.13. The summed E-state index contributed by atoms with van der Waals surface area (Å²) in [6, 6.07) is 8.56. The molecule has 1 aliphatic rings. The second-order valence-electron chi connectivity index (χ2n) is 6.47. The number of nitrogens with zero attached hydrogens (tertiary/aromatic N) is 5. The molecule has 130 valence electrons. The first kappa shape index (κ1) is 16.6. The SMILES string of the molecule is CC(C)N1CC(n2nc(Sc3cccc(Cl)c3)c3c(N)ncnc32)C1. The van der Waals surface area contributed by atoms with E-state index in [0.717, 1.165) is 34.0 Å². The fourth-order valence-corrected chi connectivity index (χ4v) is 4.23. The van der Waals surface area contributed by atoms with Crippen LogP contribution in [0.5, 0.6) is 0 Å². The van der Waals surface area contributed by atoms with Crippen LogP contribution in [0.1, 0.15) is 19.9 Å². The number of nitrogen functional groups attached to an aromatic ring is 1. The molecule has 25 heavy (non-hydrogen) atoms. The zero-order chi connectivity index (χ0) is 17.6. The molecule has 4 rings (SSSR count). The molecule has 0 amide bonds. The minimum atomic E-state index is 0.313. The molecule has 0 radical (unpaired) electrons. The number of benzene rings is 1. The Kier molecular flexibility index (Phi) is 4.31. The lowest BCUT2D eigenvalue weighted by Crippen LogP contribution is -2.51. The highest BCUT2D eigenvalue weighted by molar-refractivity contribution is 7.99. The highest BCUT2D eigenvalue weighted by atomic mass is 35.5. The van der Waals surface area contributed by atoms with Crippen LogP contribution in [0.15, 0.2) is 40.5 Å². The summed E-state index contributed by atoms with van der Waals surface area (Å²) in [7, 11) is 0. The Balaban J connectivity index is 1.72. The van der Waals surface area contributed by atoms with Crippen molar-refractivity contribution in [3.8, 4) is 0 Å². The predicted molar refractivity (Wildman–Crippen MR) is 101 cm³/mol. The average molecular weight is 375 g/mol. The van der Waals surface area contributed by atoms with Gasteiger partial charge in [0.25, 0.3) is 0 Å². The number of fused-ring (bicyclic) bond motifs is 1. The molecule has 1 aliphatic heterocycles. The van der Waals surface area contributed by atoms with E-state index in [1.807, 2.05) is 28.9 Å². The van der Waals surface area contributed by atoms with E-state index in [0.29, 0.717) is 22.9 Å². The molecule has 0 saturated carbocycles. The van der Waals surface area contributed by atoms with Crippen molar-refractivity contribution in [1.29, 1.82) is 0 Å². The molecule has 3 heterocycles. The second kappa shape index (κ2) is 6.48. The molecule has 6 nitrogen and oxygen atoms in total. The summed E-state index contributed by atoms with van der Waals surface area (Å²) in [5, 5.41) is 7.15. The highest BCUT2D eigenvalue weighted by Gasteiger charge is 2.33. The molecule has 0 spiro atoms. The van der Waals surface area contributed by atoms with Gasteiger partial charge in [0.15, 0.2) is 5.65 Å². The quantitative estimate of drug-likeness (QED) is 0.753. The number of rotatable bonds is 4. The summed E-state index contributed by atoms with van der Waals surface area (Å²) < 4.78 is 2.00. The minimum absolute atomic E-state index is 0.313. The van der Waals surface area contributed by atoms with E-state index in [1.54, 1.807) is 0 Å². The predicted octanol–water partition coefficient (Wildman–Crippen LogP) is 3.48. The van der Waals surface area contributed by atoms with Crippen LogP contribution in [-0.4, -0.2) is 43.8 Å². The fourth-order valence-electron chi connectivity index (χ4n) is 3.00. The van der Waals surface area contributed by atoms with Crippen LogP contribution < -0.4 is 5.73 Å². The van der Waals surface area contributed by atoms with Gasteiger partial charge in [-0.25, -0.2) is 14.6 Å². The molecule has 1 fully saturated rings. The Labute approximate surface area is 155 Å². The van der Waals surface area contributed by atoms with Crippen LogP contribution in [0.25, 0.3) is 11.0 Å². The first-order valence-electron chi connectivity index (χ1n) is 8.19. The van der Waals surface area contributed by atoms with Crippen LogP contribution in [0, 0.1) is 0 Å². The summed E-state index contributed by atoms with van der Waals surface area (Å²) in [6.07, 6.45) is 1.50. The van der Waals surface area contributed by atoms with Gasteiger partial charge < -0.3 is 5.73 Å². The smallest absolute Gasteiger partial charge is 0.164 e. The molecule has 3 aromatic rings. The highest BCUT2D eigenvalue weighted by Crippen LogP contribution is 2.37. The number of likely N-dealkylation sites (tertiary alicyclic amines) is 1. The minimum Gasteiger partial charge on any atom is -0.383 e. The Morgan fingerprint density at radius 2 is 2.08 bits per heavy atom. The molecule has 2 N–H and O–H groups in total. The van der Waals surface area contributed by atoms with Gasteiger partial charge in [-0.15, -0.1) is 0 Å². The van der Waals surface area contributed by atoms with Crippen LogP contribution in [0.3, 0.4) is 0 Å². The second-order valence-corrected chi connectivity index (χ2v) is 7.97. The largest absolute Gasteiger partial charge is 0.383 e. The van der Waals surface area contributed by atoms with Crippen molar-refractivity contribution in [3.05, 3.63) is 35.6 Å². The van der Waals surface area contributed by atoms with Gasteiger partial charge in [-0.2, -0.15) is 5.10 Å². The number of nitrogens with two attached hydrogens (primary N) is 1. The first-order chi connectivity index (χ1) is 12.0. The molecule has 0 unspecified atom stereocenters. The van der Waals surface area contributed by atoms with E-state index in [-0.39, 0.29) is 0 Å². The van der Waals surface area contributed by atoms with Crippen molar-refractivity contribution in [1.82, 2.24) is 24.6 Å². The lowest BCUT2D eigenvalue weighted by Gasteiger charge is -2.41. The van der Waals surface area contributed by atoms with Crippen molar-refractivity contribution < 1.29 is 0 Å². The van der Waals surface area contributed by atoms with Crippen LogP contribution in [0.4, 0.5) is 5.82 Å². The van der Waals surface area contributed by atoms with Crippen molar-refractivity contribution in [2.24, 2.45) is 0 Å². The molecule has 2 aromatic heterocycles. The number of aromatic nitrogens is 4. The van der Waals surface area contributed by atoms with Gasteiger partial charge in [-0.05, 0) is 32.0 Å². The average Bonchev–Trinajstić information content (AvgIpc) is 2.85. The van der Waals surface area contributed by atoms with Gasteiger partial charge in [0.2, 0.25) is 0 Å². The third-order valence-electron chi connectivity index (χ3n) is 4.46. The molecule has 0 atom stereocenters.